The van der Waals surface area contributed by atoms with Gasteiger partial charge in [0.05, 0.1) is 4.92 Å². The van der Waals surface area contributed by atoms with Gasteiger partial charge in [-0.25, -0.2) is 0 Å². The van der Waals surface area contributed by atoms with Crippen molar-refractivity contribution < 1.29 is 14.8 Å². The lowest BCUT2D eigenvalue weighted by atomic mass is 10.1. The monoisotopic (exact) mass is 293 g/mol. The van der Waals surface area contributed by atoms with Gasteiger partial charge in [0, 0.05) is 20.2 Å². The number of nitrogens with zero attached hydrogens (tertiary/aromatic N) is 3. The second-order valence-electron chi connectivity index (χ2n) is 4.24. The Labute approximate surface area is 119 Å². The van der Waals surface area contributed by atoms with Crippen molar-refractivity contribution in [3.8, 4) is 5.75 Å². The van der Waals surface area contributed by atoms with Crippen molar-refractivity contribution in [2.45, 2.75) is 0 Å². The van der Waals surface area contributed by atoms with Crippen LogP contribution in [0.4, 0.5) is 5.69 Å². The van der Waals surface area contributed by atoms with Crippen molar-refractivity contribution >= 4 is 35.0 Å². The van der Waals surface area contributed by atoms with E-state index in [-0.39, 0.29) is 5.91 Å². The Morgan fingerprint density at radius 3 is 2.50 bits per heavy atom. The van der Waals surface area contributed by atoms with Crippen molar-refractivity contribution in [3.63, 3.8) is 0 Å². The molecule has 7 nitrogen and oxygen atoms in total. The number of thiocarbonyl (C=S) groups is 1. The van der Waals surface area contributed by atoms with Gasteiger partial charge < -0.3 is 10.0 Å². The summed E-state index contributed by atoms with van der Waals surface area (Å²) in [6.07, 6.45) is 1.49. The zero-order valence-electron chi connectivity index (χ0n) is 10.7. The fourth-order valence-electron chi connectivity index (χ4n) is 1.82. The smallest absolute Gasteiger partial charge is 0.311 e. The maximum Gasteiger partial charge on any atom is 0.311 e. The molecule has 1 aliphatic heterocycles. The number of nitro groups is 1. The number of amides is 1. The van der Waals surface area contributed by atoms with Gasteiger partial charge in [-0.2, -0.15) is 0 Å². The topological polar surface area (TPSA) is 86.9 Å². The summed E-state index contributed by atoms with van der Waals surface area (Å²) in [5.41, 5.74) is 0.337. The quantitative estimate of drug-likeness (QED) is 0.383. The Hall–Kier alpha value is -2.48. The summed E-state index contributed by atoms with van der Waals surface area (Å²) in [5.74, 6) is -0.705. The molecular formula is C12H11N3O4S. The highest BCUT2D eigenvalue weighted by Crippen LogP contribution is 2.28. The lowest BCUT2D eigenvalue weighted by Gasteiger charge is -2.11. The molecule has 0 atom stereocenters. The average molecular weight is 293 g/mol. The first-order chi connectivity index (χ1) is 9.32. The number of nitro benzene ring substituents is 1. The Kier molecular flexibility index (Phi) is 3.41. The third-order valence-corrected chi connectivity index (χ3v) is 3.51. The molecule has 0 bridgehead atoms. The average Bonchev–Trinajstić information content (AvgIpc) is 2.58. The third kappa shape index (κ3) is 2.21. The number of benzene rings is 1. The van der Waals surface area contributed by atoms with Crippen molar-refractivity contribution in [3.05, 3.63) is 39.6 Å². The van der Waals surface area contributed by atoms with E-state index in [2.05, 4.69) is 0 Å². The molecule has 20 heavy (non-hydrogen) atoms. The zero-order chi connectivity index (χ0) is 15.0. The second kappa shape index (κ2) is 4.89. The predicted molar refractivity (Wildman–Crippen MR) is 75.9 cm³/mol. The molecule has 0 saturated carbocycles. The first-order valence-corrected chi connectivity index (χ1v) is 5.98. The molecule has 0 unspecified atom stereocenters. The van der Waals surface area contributed by atoms with Crippen LogP contribution in [-0.2, 0) is 4.79 Å². The first kappa shape index (κ1) is 13.9. The molecule has 1 aliphatic rings. The number of rotatable bonds is 2. The van der Waals surface area contributed by atoms with Crippen molar-refractivity contribution in [1.82, 2.24) is 9.80 Å². The van der Waals surface area contributed by atoms with E-state index in [1.54, 1.807) is 14.1 Å². The maximum absolute atomic E-state index is 12.0. The largest absolute Gasteiger partial charge is 0.502 e. The van der Waals surface area contributed by atoms with Gasteiger partial charge in [-0.15, -0.1) is 0 Å². The van der Waals surface area contributed by atoms with E-state index < -0.39 is 16.4 Å². The molecule has 0 aromatic heterocycles. The molecule has 1 aromatic rings. The van der Waals surface area contributed by atoms with E-state index in [0.29, 0.717) is 16.4 Å². The van der Waals surface area contributed by atoms with E-state index in [0.717, 1.165) is 0 Å². The number of likely N-dealkylation sites (N-methyl/N-ethyl adjacent to an activating group) is 2. The molecule has 0 aliphatic carbocycles. The van der Waals surface area contributed by atoms with Crippen LogP contribution in [0.3, 0.4) is 0 Å². The van der Waals surface area contributed by atoms with Gasteiger partial charge >= 0.3 is 5.69 Å². The van der Waals surface area contributed by atoms with Gasteiger partial charge in [-0.3, -0.25) is 19.8 Å². The number of carbonyl (C=O) groups excluding carboxylic acids is 1. The summed E-state index contributed by atoms with van der Waals surface area (Å²) in [7, 11) is 3.20. The maximum atomic E-state index is 12.0. The highest BCUT2D eigenvalue weighted by molar-refractivity contribution is 7.80. The Bertz CT molecular complexity index is 656. The highest BCUT2D eigenvalue weighted by atomic mass is 32.1. The number of carbonyl (C=O) groups is 1. The van der Waals surface area contributed by atoms with E-state index in [4.69, 9.17) is 12.2 Å². The molecule has 104 valence electrons. The number of aromatic hydroxyl groups is 1. The highest BCUT2D eigenvalue weighted by Gasteiger charge is 2.32. The fourth-order valence-corrected chi connectivity index (χ4v) is 2.00. The minimum atomic E-state index is -0.686. The van der Waals surface area contributed by atoms with Crippen molar-refractivity contribution in [2.75, 3.05) is 14.1 Å². The number of phenolic OH excluding ortho intramolecular Hbond substituents is 1. The van der Waals surface area contributed by atoms with Crippen LogP contribution < -0.4 is 0 Å². The van der Waals surface area contributed by atoms with E-state index in [1.165, 1.54) is 34.1 Å². The molecule has 1 N–H and O–H groups in total. The van der Waals surface area contributed by atoms with Crippen LogP contribution >= 0.6 is 12.2 Å². The molecule has 1 amide bonds. The summed E-state index contributed by atoms with van der Waals surface area (Å²) < 4.78 is 0. The first-order valence-electron chi connectivity index (χ1n) is 5.57. The number of phenols is 1. The SMILES string of the molecule is CN1C(=O)/C(=C\c2ccc(O)c([N+](=O)[O-])c2)N(C)C1=S. The molecule has 0 radical (unpaired) electrons. The summed E-state index contributed by atoms with van der Waals surface area (Å²) >= 11 is 5.06. The van der Waals surface area contributed by atoms with Gasteiger partial charge in [0.1, 0.15) is 5.70 Å². The molecule has 8 heteroatoms. The number of hydrogen-bond donors (Lipinski definition) is 1. The summed E-state index contributed by atoms with van der Waals surface area (Å²) in [5, 5.41) is 20.5. The minimum absolute atomic E-state index is 0.284. The van der Waals surface area contributed by atoms with Crippen LogP contribution in [0.5, 0.6) is 5.75 Å². The van der Waals surface area contributed by atoms with E-state index in [1.807, 2.05) is 0 Å². The second-order valence-corrected chi connectivity index (χ2v) is 4.61. The molecule has 1 aromatic carbocycles. The summed E-state index contributed by atoms with van der Waals surface area (Å²) in [4.78, 5) is 24.9. The minimum Gasteiger partial charge on any atom is -0.502 e. The Balaban J connectivity index is 2.46. The summed E-state index contributed by atoms with van der Waals surface area (Å²) in [6, 6.07) is 3.90. The van der Waals surface area contributed by atoms with Gasteiger partial charge in [-0.05, 0) is 29.9 Å². The Morgan fingerprint density at radius 1 is 1.35 bits per heavy atom. The molecule has 1 heterocycles. The van der Waals surface area contributed by atoms with Gasteiger partial charge in [-0.1, -0.05) is 6.07 Å². The molecule has 0 spiro atoms. The fraction of sp³-hybridized carbons (Fsp3) is 0.167. The van der Waals surface area contributed by atoms with E-state index in [9.17, 15) is 20.0 Å². The lowest BCUT2D eigenvalue weighted by molar-refractivity contribution is -0.385. The van der Waals surface area contributed by atoms with Crippen molar-refractivity contribution in [2.24, 2.45) is 0 Å². The van der Waals surface area contributed by atoms with Crippen LogP contribution in [0.25, 0.3) is 6.08 Å². The van der Waals surface area contributed by atoms with Crippen LogP contribution in [0, 0.1) is 10.1 Å². The van der Waals surface area contributed by atoms with Gasteiger partial charge in [0.2, 0.25) is 0 Å². The third-order valence-electron chi connectivity index (χ3n) is 2.96. The van der Waals surface area contributed by atoms with Crippen LogP contribution in [0.15, 0.2) is 23.9 Å². The van der Waals surface area contributed by atoms with Gasteiger partial charge in [0.15, 0.2) is 10.9 Å². The molecule has 1 saturated heterocycles. The van der Waals surface area contributed by atoms with Crippen LogP contribution in [0.2, 0.25) is 0 Å². The molecular weight excluding hydrogens is 282 g/mol. The standard InChI is InChI=1S/C12H11N3O4S/c1-13-9(11(17)14(2)12(13)20)6-7-3-4-10(16)8(5-7)15(18)19/h3-6,16H,1-2H3/b9-6+. The Morgan fingerprint density at radius 2 is 2.00 bits per heavy atom. The van der Waals surface area contributed by atoms with Crippen LogP contribution in [0.1, 0.15) is 5.56 Å². The van der Waals surface area contributed by atoms with E-state index >= 15 is 0 Å². The zero-order valence-corrected chi connectivity index (χ0v) is 11.5. The molecule has 2 rings (SSSR count). The number of hydrogen-bond acceptors (Lipinski definition) is 5. The normalized spacial score (nSPS) is 17.2. The van der Waals surface area contributed by atoms with Crippen molar-refractivity contribution in [1.29, 1.82) is 0 Å². The van der Waals surface area contributed by atoms with Crippen LogP contribution in [-0.4, -0.2) is 44.9 Å². The lowest BCUT2D eigenvalue weighted by Crippen LogP contribution is -2.26. The predicted octanol–water partition coefficient (Wildman–Crippen LogP) is 1.33. The summed E-state index contributed by atoms with van der Waals surface area (Å²) in [6.45, 7) is 0. The van der Waals surface area contributed by atoms with Gasteiger partial charge in [0.25, 0.3) is 5.91 Å². The molecule has 1 fully saturated rings.